The highest BCUT2D eigenvalue weighted by Gasteiger charge is 2.59. The Labute approximate surface area is 208 Å². The number of hydrogen-bond acceptors (Lipinski definition) is 9. The first-order valence-electron chi connectivity index (χ1n) is 11.2. The second-order valence-corrected chi connectivity index (χ2v) is 8.99. The van der Waals surface area contributed by atoms with E-state index in [1.54, 1.807) is 23.9 Å². The number of aliphatic imine (C=N–C) groups is 1. The quantitative estimate of drug-likeness (QED) is 0.355. The van der Waals surface area contributed by atoms with Gasteiger partial charge in [-0.05, 0) is 32.0 Å². The van der Waals surface area contributed by atoms with E-state index in [1.807, 2.05) is 0 Å². The number of amidine groups is 1. The monoisotopic (exact) mass is 523 g/mol. The number of ether oxygens (including phenoxy) is 2. The minimum absolute atomic E-state index is 0.0833. The highest BCUT2D eigenvalue weighted by Crippen LogP contribution is 2.40. The fourth-order valence-electron chi connectivity index (χ4n) is 3.90. The fourth-order valence-corrected chi connectivity index (χ4v) is 3.90. The van der Waals surface area contributed by atoms with Crippen molar-refractivity contribution >= 4 is 28.6 Å². The van der Waals surface area contributed by atoms with Crippen molar-refractivity contribution in [2.45, 2.75) is 44.1 Å². The van der Waals surface area contributed by atoms with Gasteiger partial charge in [0.25, 0.3) is 0 Å². The maximum atomic E-state index is 14.8. The Morgan fingerprint density at radius 1 is 1.19 bits per heavy atom. The Balaban J connectivity index is 1.62. The molecule has 3 aromatic rings. The summed E-state index contributed by atoms with van der Waals surface area (Å²) in [6.45, 7) is 2.41. The van der Waals surface area contributed by atoms with Gasteiger partial charge in [0, 0.05) is 25.5 Å². The van der Waals surface area contributed by atoms with Crippen LogP contribution in [0.4, 0.5) is 23.4 Å². The molecule has 1 aliphatic rings. The van der Waals surface area contributed by atoms with E-state index in [0.29, 0.717) is 24.3 Å². The van der Waals surface area contributed by atoms with E-state index in [4.69, 9.17) is 20.9 Å². The van der Waals surface area contributed by atoms with E-state index in [1.165, 1.54) is 13.0 Å². The molecule has 198 valence electrons. The normalized spacial score (nSPS) is 22.3. The number of pyridine rings is 1. The van der Waals surface area contributed by atoms with Crippen molar-refractivity contribution in [1.29, 1.82) is 0 Å². The molecule has 10 nitrogen and oxygen atoms in total. The lowest BCUT2D eigenvalue weighted by Gasteiger charge is -2.40. The number of rotatable bonds is 7. The number of halogens is 4. The third-order valence-corrected chi connectivity index (χ3v) is 6.21. The van der Waals surface area contributed by atoms with Crippen LogP contribution in [0.3, 0.4) is 0 Å². The summed E-state index contributed by atoms with van der Waals surface area (Å²) in [5.74, 6) is -2.31. The largest absolute Gasteiger partial charge is 0.424 e. The van der Waals surface area contributed by atoms with Crippen molar-refractivity contribution in [3.05, 3.63) is 47.3 Å². The molecule has 37 heavy (non-hydrogen) atoms. The summed E-state index contributed by atoms with van der Waals surface area (Å²) in [7, 11) is 1.57. The number of carbonyl (C=O) groups is 1. The van der Waals surface area contributed by atoms with Crippen LogP contribution in [0.1, 0.15) is 35.7 Å². The van der Waals surface area contributed by atoms with Crippen LogP contribution < -0.4 is 11.5 Å². The van der Waals surface area contributed by atoms with Crippen LogP contribution in [0.2, 0.25) is 0 Å². The summed E-state index contributed by atoms with van der Waals surface area (Å²) in [5.41, 5.74) is 7.82. The van der Waals surface area contributed by atoms with Crippen LogP contribution in [0, 0.1) is 5.82 Å². The van der Waals surface area contributed by atoms with Crippen molar-refractivity contribution in [1.82, 2.24) is 19.5 Å². The molecule has 0 saturated carbocycles. The maximum absolute atomic E-state index is 14.8. The van der Waals surface area contributed by atoms with E-state index in [-0.39, 0.29) is 29.3 Å². The Kier molecular flexibility index (Phi) is 6.67. The molecule has 4 heterocycles. The van der Waals surface area contributed by atoms with Gasteiger partial charge < -0.3 is 25.5 Å². The van der Waals surface area contributed by atoms with Crippen molar-refractivity contribution < 1.29 is 31.8 Å². The number of methoxy groups -OCH3 is 1. The SMILES string of the molecule is COCCn1ccc2nc(C(=O)Cc3ccc(F)c([C@]4(C)CO[C@@](C)(C(F)(F)F)C(N)=N4)n3)c(N)nc21. The molecule has 0 spiro atoms. The van der Waals surface area contributed by atoms with Gasteiger partial charge in [0.2, 0.25) is 5.60 Å². The van der Waals surface area contributed by atoms with Gasteiger partial charge in [0.15, 0.2) is 17.2 Å². The number of carbonyl (C=O) groups excluding carboxylic acids is 1. The summed E-state index contributed by atoms with van der Waals surface area (Å²) in [6.07, 6.45) is -3.40. The van der Waals surface area contributed by atoms with Gasteiger partial charge in [0.1, 0.15) is 34.1 Å². The molecule has 2 atom stereocenters. The number of nitrogen functional groups attached to an aromatic ring is 1. The average molecular weight is 523 g/mol. The number of alkyl halides is 3. The summed E-state index contributed by atoms with van der Waals surface area (Å²) >= 11 is 0. The molecule has 0 unspecified atom stereocenters. The molecule has 1 aliphatic heterocycles. The molecule has 0 fully saturated rings. The fraction of sp³-hybridized carbons (Fsp3) is 0.435. The van der Waals surface area contributed by atoms with E-state index >= 15 is 0 Å². The molecular formula is C23H25F4N7O3. The highest BCUT2D eigenvalue weighted by molar-refractivity contribution is 6.00. The van der Waals surface area contributed by atoms with Gasteiger partial charge in [-0.3, -0.25) is 14.8 Å². The third kappa shape index (κ3) is 4.73. The van der Waals surface area contributed by atoms with Gasteiger partial charge in [0.05, 0.1) is 19.6 Å². The zero-order chi connectivity index (χ0) is 27.2. The van der Waals surface area contributed by atoms with E-state index < -0.39 is 41.4 Å². The number of nitrogens with zero attached hydrogens (tertiary/aromatic N) is 5. The number of nitrogens with two attached hydrogens (primary N) is 2. The number of ketones is 1. The highest BCUT2D eigenvalue weighted by atomic mass is 19.4. The van der Waals surface area contributed by atoms with Gasteiger partial charge in [-0.15, -0.1) is 0 Å². The van der Waals surface area contributed by atoms with E-state index in [0.717, 1.165) is 13.0 Å². The molecule has 0 amide bonds. The summed E-state index contributed by atoms with van der Waals surface area (Å²) in [6, 6.07) is 4.01. The lowest BCUT2D eigenvalue weighted by atomic mass is 9.93. The summed E-state index contributed by atoms with van der Waals surface area (Å²) in [4.78, 5) is 29.7. The first kappa shape index (κ1) is 26.4. The molecule has 0 bridgehead atoms. The standard InChI is InChI=1S/C23H25F4N7O3/c1-21(11-37-22(2,20(29)33-21)23(25,26)27)17-13(24)5-4-12(30-17)10-15(35)16-18(28)32-19-14(31-16)6-7-34(19)8-9-36-3/h4-7H,8-11H2,1-3H3,(H2,28,32)(H2,29,33)/t21-,22+/m0/s1. The molecule has 4 rings (SSSR count). The lowest BCUT2D eigenvalue weighted by molar-refractivity contribution is -0.249. The van der Waals surface area contributed by atoms with Crippen LogP contribution in [-0.2, 0) is 28.0 Å². The predicted molar refractivity (Wildman–Crippen MR) is 125 cm³/mol. The molecular weight excluding hydrogens is 498 g/mol. The number of Topliss-reactive ketones (excluding diaryl/α,β-unsaturated/α-hetero) is 1. The maximum Gasteiger partial charge on any atom is 0.424 e. The molecule has 4 N–H and O–H groups in total. The molecule has 3 aromatic heterocycles. The Bertz CT molecular complexity index is 1390. The van der Waals surface area contributed by atoms with Crippen LogP contribution >= 0.6 is 0 Å². The van der Waals surface area contributed by atoms with Gasteiger partial charge in [-0.25, -0.2) is 14.4 Å². The minimum atomic E-state index is -4.82. The van der Waals surface area contributed by atoms with Crippen molar-refractivity contribution in [3.8, 4) is 0 Å². The number of aromatic nitrogens is 4. The lowest BCUT2D eigenvalue weighted by Crippen LogP contribution is -2.60. The Hall–Kier alpha value is -3.65. The zero-order valence-corrected chi connectivity index (χ0v) is 20.3. The summed E-state index contributed by atoms with van der Waals surface area (Å²) in [5, 5.41) is 0. The smallest absolute Gasteiger partial charge is 0.385 e. The molecule has 0 radical (unpaired) electrons. The van der Waals surface area contributed by atoms with Crippen molar-refractivity contribution in [2.24, 2.45) is 10.7 Å². The van der Waals surface area contributed by atoms with Crippen molar-refractivity contribution in [2.75, 3.05) is 26.1 Å². The van der Waals surface area contributed by atoms with Crippen LogP contribution in [0.15, 0.2) is 29.4 Å². The van der Waals surface area contributed by atoms with Gasteiger partial charge >= 0.3 is 6.18 Å². The van der Waals surface area contributed by atoms with E-state index in [9.17, 15) is 22.4 Å². The zero-order valence-electron chi connectivity index (χ0n) is 20.3. The molecule has 14 heteroatoms. The number of fused-ring (bicyclic) bond motifs is 1. The second kappa shape index (κ2) is 9.34. The Morgan fingerprint density at radius 3 is 2.57 bits per heavy atom. The summed E-state index contributed by atoms with van der Waals surface area (Å²) < 4.78 is 66.9. The van der Waals surface area contributed by atoms with Crippen LogP contribution in [0.25, 0.3) is 11.2 Å². The topological polar surface area (TPSA) is 144 Å². The van der Waals surface area contributed by atoms with Crippen LogP contribution in [-0.4, -0.2) is 63.2 Å². The average Bonchev–Trinajstić information content (AvgIpc) is 3.21. The third-order valence-electron chi connectivity index (χ3n) is 6.21. The minimum Gasteiger partial charge on any atom is -0.385 e. The molecule has 0 aliphatic carbocycles. The van der Waals surface area contributed by atoms with Crippen LogP contribution in [0.5, 0.6) is 0 Å². The molecule has 0 saturated heterocycles. The van der Waals surface area contributed by atoms with Gasteiger partial charge in [-0.1, -0.05) is 0 Å². The predicted octanol–water partition coefficient (Wildman–Crippen LogP) is 2.54. The molecule has 0 aromatic carbocycles. The van der Waals surface area contributed by atoms with E-state index in [2.05, 4.69) is 19.9 Å². The second-order valence-electron chi connectivity index (χ2n) is 8.99. The van der Waals surface area contributed by atoms with Crippen molar-refractivity contribution in [3.63, 3.8) is 0 Å². The number of anilines is 1. The first-order valence-corrected chi connectivity index (χ1v) is 11.2. The van der Waals surface area contributed by atoms with Gasteiger partial charge in [-0.2, -0.15) is 13.2 Å². The first-order chi connectivity index (χ1) is 17.3. The Morgan fingerprint density at radius 2 is 1.92 bits per heavy atom. The number of hydrogen-bond donors (Lipinski definition) is 2.